The van der Waals surface area contributed by atoms with Gasteiger partial charge in [0.15, 0.2) is 0 Å². The van der Waals surface area contributed by atoms with Crippen molar-refractivity contribution in [3.05, 3.63) is 78.7 Å². The van der Waals surface area contributed by atoms with E-state index in [-0.39, 0.29) is 17.1 Å². The van der Waals surface area contributed by atoms with Gasteiger partial charge < -0.3 is 0 Å². The van der Waals surface area contributed by atoms with Crippen LogP contribution in [0.2, 0.25) is 10.0 Å². The number of rotatable bonds is 4. The minimum Gasteiger partial charge on any atom is -0.268 e. The Balaban J connectivity index is 1.83. The Hall–Kier alpha value is -2.35. The van der Waals surface area contributed by atoms with Gasteiger partial charge >= 0.3 is 0 Å². The second-order valence-corrected chi connectivity index (χ2v) is 7.18. The number of imide groups is 1. The predicted molar refractivity (Wildman–Crippen MR) is 101 cm³/mol. The van der Waals surface area contributed by atoms with Crippen molar-refractivity contribution in [3.8, 4) is 0 Å². The molecule has 0 radical (unpaired) electrons. The van der Waals surface area contributed by atoms with E-state index in [4.69, 9.17) is 23.2 Å². The Morgan fingerprint density at radius 2 is 1.88 bits per heavy atom. The highest BCUT2D eigenvalue weighted by Crippen LogP contribution is 2.34. The van der Waals surface area contributed by atoms with Crippen molar-refractivity contribution in [1.29, 1.82) is 0 Å². The van der Waals surface area contributed by atoms with Crippen LogP contribution in [0.4, 0.5) is 10.5 Å². The average Bonchev–Trinajstić information content (AvgIpc) is 2.86. The quantitative estimate of drug-likeness (QED) is 0.397. The summed E-state index contributed by atoms with van der Waals surface area (Å²) in [4.78, 5) is 36.3. The molecule has 0 atom stereocenters. The lowest BCUT2D eigenvalue weighted by Crippen LogP contribution is -2.27. The minimum absolute atomic E-state index is 0.0633. The number of hydrogen-bond donors (Lipinski definition) is 0. The van der Waals surface area contributed by atoms with Crippen molar-refractivity contribution in [2.75, 3.05) is 0 Å². The zero-order chi connectivity index (χ0) is 18.8. The number of carbonyl (C=O) groups is 2. The first-order valence-electron chi connectivity index (χ1n) is 7.29. The van der Waals surface area contributed by atoms with Gasteiger partial charge in [-0.2, -0.15) is 0 Å². The van der Waals surface area contributed by atoms with Gasteiger partial charge in [0.25, 0.3) is 16.8 Å². The number of non-ortho nitro benzene ring substituents is 1. The number of nitro benzene ring substituents is 1. The van der Waals surface area contributed by atoms with Crippen molar-refractivity contribution in [2.45, 2.75) is 6.54 Å². The van der Waals surface area contributed by atoms with Crippen molar-refractivity contribution in [2.24, 2.45) is 0 Å². The van der Waals surface area contributed by atoms with Gasteiger partial charge in [-0.3, -0.25) is 24.6 Å². The molecule has 2 aromatic carbocycles. The smallest absolute Gasteiger partial charge is 0.268 e. The molecule has 2 amide bonds. The van der Waals surface area contributed by atoms with E-state index in [9.17, 15) is 19.7 Å². The van der Waals surface area contributed by atoms with Crippen LogP contribution in [0.15, 0.2) is 47.4 Å². The first-order valence-corrected chi connectivity index (χ1v) is 8.86. The fraction of sp³-hybridized carbons (Fsp3) is 0.0588. The fourth-order valence-corrected chi connectivity index (χ4v) is 3.50. The van der Waals surface area contributed by atoms with Crippen LogP contribution in [0, 0.1) is 10.1 Å². The van der Waals surface area contributed by atoms with Crippen LogP contribution in [0.5, 0.6) is 0 Å². The molecule has 1 saturated heterocycles. The number of benzene rings is 2. The lowest BCUT2D eigenvalue weighted by molar-refractivity contribution is -0.384. The lowest BCUT2D eigenvalue weighted by Gasteiger charge is -2.12. The molecule has 0 bridgehead atoms. The molecule has 132 valence electrons. The fourth-order valence-electron chi connectivity index (χ4n) is 2.34. The maximum absolute atomic E-state index is 12.5. The van der Waals surface area contributed by atoms with E-state index < -0.39 is 16.1 Å². The summed E-state index contributed by atoms with van der Waals surface area (Å²) in [5, 5.41) is 11.1. The van der Waals surface area contributed by atoms with Crippen LogP contribution in [0.1, 0.15) is 11.1 Å². The molecular weight excluding hydrogens is 399 g/mol. The summed E-state index contributed by atoms with van der Waals surface area (Å²) in [6.07, 6.45) is 1.47. The predicted octanol–water partition coefficient (Wildman–Crippen LogP) is 5.14. The molecule has 1 aliphatic heterocycles. The second kappa shape index (κ2) is 7.49. The topological polar surface area (TPSA) is 80.5 Å². The molecule has 26 heavy (non-hydrogen) atoms. The molecule has 0 N–H and O–H groups in total. The molecule has 1 heterocycles. The SMILES string of the molecule is O=C1S/C(=C\c2cccc([N+](=O)[O-])c2)C(=O)N1Cc1ccc(Cl)c(Cl)c1. The van der Waals surface area contributed by atoms with E-state index in [0.29, 0.717) is 21.2 Å². The number of nitrogens with zero attached hydrogens (tertiary/aromatic N) is 2. The maximum atomic E-state index is 12.5. The summed E-state index contributed by atoms with van der Waals surface area (Å²) >= 11 is 12.6. The second-order valence-electron chi connectivity index (χ2n) is 5.37. The number of thioether (sulfide) groups is 1. The lowest BCUT2D eigenvalue weighted by atomic mass is 10.2. The number of nitro groups is 1. The Morgan fingerprint density at radius 1 is 1.12 bits per heavy atom. The third-order valence-corrected chi connectivity index (χ3v) is 5.22. The van der Waals surface area contributed by atoms with E-state index in [1.807, 2.05) is 0 Å². The van der Waals surface area contributed by atoms with Crippen LogP contribution >= 0.6 is 35.0 Å². The van der Waals surface area contributed by atoms with Crippen LogP contribution in [-0.4, -0.2) is 21.0 Å². The molecule has 0 aliphatic carbocycles. The summed E-state index contributed by atoms with van der Waals surface area (Å²) in [5.41, 5.74) is 1.05. The van der Waals surface area contributed by atoms with Crippen LogP contribution in [-0.2, 0) is 11.3 Å². The summed E-state index contributed by atoms with van der Waals surface area (Å²) in [7, 11) is 0. The highest BCUT2D eigenvalue weighted by Gasteiger charge is 2.35. The summed E-state index contributed by atoms with van der Waals surface area (Å²) in [6, 6.07) is 10.7. The summed E-state index contributed by atoms with van der Waals surface area (Å²) < 4.78 is 0. The van der Waals surface area contributed by atoms with Gasteiger partial charge in [-0.25, -0.2) is 0 Å². The van der Waals surface area contributed by atoms with Gasteiger partial charge in [0.05, 0.1) is 26.4 Å². The molecule has 0 spiro atoms. The minimum atomic E-state index is -0.520. The zero-order valence-electron chi connectivity index (χ0n) is 13.0. The normalized spacial score (nSPS) is 15.8. The van der Waals surface area contributed by atoms with Crippen LogP contribution in [0.3, 0.4) is 0 Å². The number of amides is 2. The van der Waals surface area contributed by atoms with E-state index in [1.165, 1.54) is 24.3 Å². The van der Waals surface area contributed by atoms with Gasteiger partial charge in [-0.15, -0.1) is 0 Å². The maximum Gasteiger partial charge on any atom is 0.293 e. The van der Waals surface area contributed by atoms with Gasteiger partial charge in [0.2, 0.25) is 0 Å². The average molecular weight is 409 g/mol. The zero-order valence-corrected chi connectivity index (χ0v) is 15.3. The number of carbonyl (C=O) groups excluding carboxylic acids is 2. The molecule has 6 nitrogen and oxygen atoms in total. The van der Waals surface area contributed by atoms with Gasteiger partial charge in [0.1, 0.15) is 0 Å². The molecule has 1 aliphatic rings. The largest absolute Gasteiger partial charge is 0.293 e. The Labute approximate surface area is 162 Å². The van der Waals surface area contributed by atoms with Crippen molar-refractivity contribution in [1.82, 2.24) is 4.90 Å². The summed E-state index contributed by atoms with van der Waals surface area (Å²) in [6.45, 7) is 0.0633. The van der Waals surface area contributed by atoms with E-state index in [0.717, 1.165) is 16.7 Å². The van der Waals surface area contributed by atoms with Crippen molar-refractivity contribution in [3.63, 3.8) is 0 Å². The van der Waals surface area contributed by atoms with Crippen molar-refractivity contribution < 1.29 is 14.5 Å². The number of halogens is 2. The molecule has 1 fully saturated rings. The molecule has 0 aromatic heterocycles. The third-order valence-electron chi connectivity index (χ3n) is 3.58. The van der Waals surface area contributed by atoms with Gasteiger partial charge in [-0.05, 0) is 41.1 Å². The van der Waals surface area contributed by atoms with Crippen LogP contribution < -0.4 is 0 Å². The Bertz CT molecular complexity index is 962. The molecule has 3 rings (SSSR count). The first-order chi connectivity index (χ1) is 12.3. The van der Waals surface area contributed by atoms with E-state index in [1.54, 1.807) is 24.3 Å². The molecular formula is C17H10Cl2N2O4S. The Morgan fingerprint density at radius 3 is 2.58 bits per heavy atom. The van der Waals surface area contributed by atoms with E-state index >= 15 is 0 Å². The molecule has 2 aromatic rings. The van der Waals surface area contributed by atoms with Crippen molar-refractivity contribution >= 4 is 57.9 Å². The summed E-state index contributed by atoms with van der Waals surface area (Å²) in [5.74, 6) is -0.461. The highest BCUT2D eigenvalue weighted by atomic mass is 35.5. The standard InChI is InChI=1S/C17H10Cl2N2O4S/c18-13-5-4-11(7-14(13)19)9-20-16(22)15(26-17(20)23)8-10-2-1-3-12(6-10)21(24)25/h1-8H,9H2/b15-8-. The van der Waals surface area contributed by atoms with Gasteiger partial charge in [-0.1, -0.05) is 41.4 Å². The molecule has 0 unspecified atom stereocenters. The monoisotopic (exact) mass is 408 g/mol. The Kier molecular flexibility index (Phi) is 5.31. The highest BCUT2D eigenvalue weighted by molar-refractivity contribution is 8.18. The first kappa shape index (κ1) is 18.4. The van der Waals surface area contributed by atoms with E-state index in [2.05, 4.69) is 0 Å². The van der Waals surface area contributed by atoms with Gasteiger partial charge in [0, 0.05) is 12.1 Å². The molecule has 9 heteroatoms. The third kappa shape index (κ3) is 3.90. The molecule has 0 saturated carbocycles. The number of hydrogen-bond acceptors (Lipinski definition) is 5. The van der Waals surface area contributed by atoms with Crippen LogP contribution in [0.25, 0.3) is 6.08 Å².